The molecule has 0 aliphatic carbocycles. The second-order valence-corrected chi connectivity index (χ2v) is 8.20. The Bertz CT molecular complexity index is 1190. The van der Waals surface area contributed by atoms with Gasteiger partial charge in [-0.25, -0.2) is 4.68 Å². The third-order valence-electron chi connectivity index (χ3n) is 5.18. The number of nitrogens with zero attached hydrogens (tertiary/aromatic N) is 4. The minimum absolute atomic E-state index is 0.0890. The fraction of sp³-hybridized carbons (Fsp3) is 0.292. The van der Waals surface area contributed by atoms with E-state index < -0.39 is 11.9 Å². The molecule has 0 aliphatic heterocycles. The van der Waals surface area contributed by atoms with E-state index in [-0.39, 0.29) is 18.1 Å². The van der Waals surface area contributed by atoms with Gasteiger partial charge in [-0.05, 0) is 42.0 Å². The summed E-state index contributed by atoms with van der Waals surface area (Å²) in [6.45, 7) is 2.64. The van der Waals surface area contributed by atoms with Gasteiger partial charge in [0.25, 0.3) is 11.8 Å². The standard InChI is InChI=1S/C24H26N6O3S/c1-4-16-5-7-17(8-6-16)20(14-25)27-24(32)21-15-30(29-28-21)12-11-26-23(31)19-10-9-18(34-3)13-22(19)33-2/h5-10,13,15,20H,4,11-12H2,1-3H3,(H,26,31)(H,27,32). The summed E-state index contributed by atoms with van der Waals surface area (Å²) < 4.78 is 6.78. The number of rotatable bonds is 10. The van der Waals surface area contributed by atoms with Crippen LogP contribution in [0.15, 0.2) is 53.6 Å². The van der Waals surface area contributed by atoms with Crippen LogP contribution in [0.2, 0.25) is 0 Å². The third kappa shape index (κ3) is 6.14. The molecule has 0 aliphatic rings. The van der Waals surface area contributed by atoms with E-state index >= 15 is 0 Å². The summed E-state index contributed by atoms with van der Waals surface area (Å²) in [5.41, 5.74) is 2.38. The van der Waals surface area contributed by atoms with E-state index in [0.29, 0.717) is 23.4 Å². The van der Waals surface area contributed by atoms with Gasteiger partial charge >= 0.3 is 0 Å². The number of carbonyl (C=O) groups is 2. The molecule has 1 heterocycles. The molecule has 0 spiro atoms. The molecule has 2 aromatic carbocycles. The largest absolute Gasteiger partial charge is 0.496 e. The van der Waals surface area contributed by atoms with Crippen LogP contribution < -0.4 is 15.4 Å². The summed E-state index contributed by atoms with van der Waals surface area (Å²) in [6, 6.07) is 14.2. The number of thioether (sulfide) groups is 1. The fourth-order valence-electron chi connectivity index (χ4n) is 3.22. The summed E-state index contributed by atoms with van der Waals surface area (Å²) in [5, 5.41) is 22.8. The molecule has 176 valence electrons. The van der Waals surface area contributed by atoms with Crippen molar-refractivity contribution in [3.8, 4) is 11.8 Å². The van der Waals surface area contributed by atoms with Crippen LogP contribution in [0.25, 0.3) is 0 Å². The van der Waals surface area contributed by atoms with Crippen molar-refractivity contribution in [2.45, 2.75) is 30.8 Å². The van der Waals surface area contributed by atoms with E-state index in [1.165, 1.54) is 18.0 Å². The SMILES string of the molecule is CCc1ccc(C(C#N)NC(=O)c2cn(CCNC(=O)c3ccc(SC)cc3OC)nn2)cc1. The Balaban J connectivity index is 1.55. The molecule has 0 fully saturated rings. The number of aryl methyl sites for hydroxylation is 1. The molecular weight excluding hydrogens is 452 g/mol. The van der Waals surface area contributed by atoms with Gasteiger partial charge in [0.2, 0.25) is 0 Å². The summed E-state index contributed by atoms with van der Waals surface area (Å²) in [7, 11) is 1.52. The van der Waals surface area contributed by atoms with E-state index in [1.54, 1.807) is 17.8 Å². The molecule has 3 aromatic rings. The number of hydrogen-bond acceptors (Lipinski definition) is 7. The first-order chi connectivity index (χ1) is 16.5. The van der Waals surface area contributed by atoms with Crippen molar-refractivity contribution in [2.75, 3.05) is 19.9 Å². The van der Waals surface area contributed by atoms with Crippen molar-refractivity contribution in [2.24, 2.45) is 0 Å². The Morgan fingerprint density at radius 2 is 1.97 bits per heavy atom. The number of methoxy groups -OCH3 is 1. The van der Waals surface area contributed by atoms with Crippen molar-refractivity contribution < 1.29 is 14.3 Å². The van der Waals surface area contributed by atoms with Gasteiger partial charge in [-0.3, -0.25) is 9.59 Å². The average Bonchev–Trinajstić information content (AvgIpc) is 3.35. The number of amides is 2. The molecule has 10 heteroatoms. The van der Waals surface area contributed by atoms with Gasteiger partial charge in [-0.15, -0.1) is 16.9 Å². The topological polar surface area (TPSA) is 122 Å². The molecule has 9 nitrogen and oxygen atoms in total. The summed E-state index contributed by atoms with van der Waals surface area (Å²) >= 11 is 1.56. The Morgan fingerprint density at radius 3 is 2.62 bits per heavy atom. The smallest absolute Gasteiger partial charge is 0.274 e. The predicted octanol–water partition coefficient (Wildman–Crippen LogP) is 3.00. The Labute approximate surface area is 202 Å². The van der Waals surface area contributed by atoms with Crippen molar-refractivity contribution in [1.82, 2.24) is 25.6 Å². The first-order valence-corrected chi connectivity index (χ1v) is 11.9. The highest BCUT2D eigenvalue weighted by Gasteiger charge is 2.18. The third-order valence-corrected chi connectivity index (χ3v) is 5.90. The van der Waals surface area contributed by atoms with Crippen molar-refractivity contribution in [3.63, 3.8) is 0 Å². The van der Waals surface area contributed by atoms with Crippen molar-refractivity contribution >= 4 is 23.6 Å². The van der Waals surface area contributed by atoms with Crippen LogP contribution in [-0.4, -0.2) is 46.7 Å². The van der Waals surface area contributed by atoms with E-state index in [1.807, 2.05) is 49.6 Å². The molecule has 0 bridgehead atoms. The maximum Gasteiger partial charge on any atom is 0.274 e. The predicted molar refractivity (Wildman–Crippen MR) is 129 cm³/mol. The van der Waals surface area contributed by atoms with Crippen LogP contribution >= 0.6 is 11.8 Å². The Hall–Kier alpha value is -3.84. The molecule has 1 aromatic heterocycles. The number of ether oxygens (including phenoxy) is 1. The molecule has 3 rings (SSSR count). The lowest BCUT2D eigenvalue weighted by Gasteiger charge is -2.11. The van der Waals surface area contributed by atoms with Gasteiger partial charge in [-0.2, -0.15) is 5.26 Å². The van der Waals surface area contributed by atoms with Gasteiger partial charge in [0.1, 0.15) is 11.8 Å². The molecule has 0 radical (unpaired) electrons. The Morgan fingerprint density at radius 1 is 1.21 bits per heavy atom. The average molecular weight is 479 g/mol. The molecule has 34 heavy (non-hydrogen) atoms. The zero-order valence-corrected chi connectivity index (χ0v) is 20.1. The van der Waals surface area contributed by atoms with Gasteiger partial charge < -0.3 is 15.4 Å². The number of benzene rings is 2. The van der Waals surface area contributed by atoms with Crippen molar-refractivity contribution in [1.29, 1.82) is 5.26 Å². The summed E-state index contributed by atoms with van der Waals surface area (Å²) in [4.78, 5) is 26.1. The first-order valence-electron chi connectivity index (χ1n) is 10.7. The second-order valence-electron chi connectivity index (χ2n) is 7.32. The van der Waals surface area contributed by atoms with Crippen LogP contribution in [0.5, 0.6) is 5.75 Å². The number of aromatic nitrogens is 3. The number of hydrogen-bond donors (Lipinski definition) is 2. The van der Waals surface area contributed by atoms with Gasteiger partial charge in [0, 0.05) is 11.4 Å². The van der Waals surface area contributed by atoms with Crippen LogP contribution in [-0.2, 0) is 13.0 Å². The van der Waals surface area contributed by atoms with E-state index in [0.717, 1.165) is 16.9 Å². The van der Waals surface area contributed by atoms with E-state index in [2.05, 4.69) is 27.0 Å². The molecule has 1 atom stereocenters. The molecule has 1 unspecified atom stereocenters. The Kier molecular flexibility index (Phi) is 8.65. The maximum absolute atomic E-state index is 12.6. The maximum atomic E-state index is 12.6. The van der Waals surface area contributed by atoms with Gasteiger partial charge in [0.05, 0.1) is 31.5 Å². The van der Waals surface area contributed by atoms with Crippen LogP contribution in [0.3, 0.4) is 0 Å². The van der Waals surface area contributed by atoms with Crippen LogP contribution in [0.4, 0.5) is 0 Å². The molecule has 2 amide bonds. The van der Waals surface area contributed by atoms with Crippen LogP contribution in [0.1, 0.15) is 44.9 Å². The highest BCUT2D eigenvalue weighted by molar-refractivity contribution is 7.98. The minimum Gasteiger partial charge on any atom is -0.496 e. The van der Waals surface area contributed by atoms with Crippen molar-refractivity contribution in [3.05, 3.63) is 71.0 Å². The van der Waals surface area contributed by atoms with E-state index in [9.17, 15) is 14.9 Å². The van der Waals surface area contributed by atoms with Crippen LogP contribution in [0, 0.1) is 11.3 Å². The highest BCUT2D eigenvalue weighted by atomic mass is 32.2. The first kappa shape index (κ1) is 24.8. The summed E-state index contributed by atoms with van der Waals surface area (Å²) in [6.07, 6.45) is 4.32. The molecule has 0 saturated heterocycles. The number of carbonyl (C=O) groups excluding carboxylic acids is 2. The molecule has 0 saturated carbocycles. The van der Waals surface area contributed by atoms with E-state index in [4.69, 9.17) is 4.74 Å². The quantitative estimate of drug-likeness (QED) is 0.430. The van der Waals surface area contributed by atoms with Gasteiger partial charge in [0.15, 0.2) is 5.69 Å². The molecule has 2 N–H and O–H groups in total. The lowest BCUT2D eigenvalue weighted by atomic mass is 10.0. The zero-order chi connectivity index (χ0) is 24.5. The second kappa shape index (κ2) is 11.9. The zero-order valence-electron chi connectivity index (χ0n) is 19.2. The lowest BCUT2D eigenvalue weighted by Crippen LogP contribution is -2.28. The summed E-state index contributed by atoms with van der Waals surface area (Å²) in [5.74, 6) is -0.269. The highest BCUT2D eigenvalue weighted by Crippen LogP contribution is 2.25. The molecular formula is C24H26N6O3S. The monoisotopic (exact) mass is 478 g/mol. The fourth-order valence-corrected chi connectivity index (χ4v) is 3.65. The number of nitrogens with one attached hydrogen (secondary N) is 2. The lowest BCUT2D eigenvalue weighted by molar-refractivity contribution is 0.0934. The number of nitriles is 1. The normalized spacial score (nSPS) is 11.4. The minimum atomic E-state index is -0.796. The van der Waals surface area contributed by atoms with Gasteiger partial charge in [-0.1, -0.05) is 36.4 Å².